The number of benzene rings is 1. The van der Waals surface area contributed by atoms with Crippen LogP contribution in [0.2, 0.25) is 5.02 Å². The van der Waals surface area contributed by atoms with Crippen LogP contribution < -0.4 is 5.32 Å². The third-order valence-electron chi connectivity index (χ3n) is 4.09. The van der Waals surface area contributed by atoms with Crippen LogP contribution >= 0.6 is 11.6 Å². The zero-order chi connectivity index (χ0) is 18.8. The SMILES string of the molecule is Cc1cnc2nc(-c3cc(NC(=O)Cc4ccncc4)ccc3Cl)[nH]c2c1. The van der Waals surface area contributed by atoms with Gasteiger partial charge in [0.25, 0.3) is 0 Å². The summed E-state index contributed by atoms with van der Waals surface area (Å²) in [5.74, 6) is 0.495. The van der Waals surface area contributed by atoms with E-state index in [1.807, 2.05) is 25.1 Å². The Morgan fingerprint density at radius 2 is 2.00 bits per heavy atom. The van der Waals surface area contributed by atoms with Crippen LogP contribution in [0.1, 0.15) is 11.1 Å². The first-order valence-corrected chi connectivity index (χ1v) is 8.77. The summed E-state index contributed by atoms with van der Waals surface area (Å²) in [4.78, 5) is 28.3. The Kier molecular flexibility index (Phi) is 4.56. The lowest BCUT2D eigenvalue weighted by atomic mass is 10.1. The Labute approximate surface area is 160 Å². The zero-order valence-corrected chi connectivity index (χ0v) is 15.3. The summed E-state index contributed by atoms with van der Waals surface area (Å²) < 4.78 is 0. The highest BCUT2D eigenvalue weighted by Crippen LogP contribution is 2.30. The van der Waals surface area contributed by atoms with Crippen LogP contribution in [-0.2, 0) is 11.2 Å². The molecular formula is C20H16ClN5O. The molecule has 3 heterocycles. The van der Waals surface area contributed by atoms with Gasteiger partial charge in [0.05, 0.1) is 17.0 Å². The lowest BCUT2D eigenvalue weighted by molar-refractivity contribution is -0.115. The van der Waals surface area contributed by atoms with Crippen molar-refractivity contribution in [3.05, 3.63) is 71.1 Å². The van der Waals surface area contributed by atoms with Crippen LogP contribution in [0.15, 0.2) is 55.0 Å². The van der Waals surface area contributed by atoms with Crippen molar-refractivity contribution in [3.63, 3.8) is 0 Å². The number of pyridine rings is 2. The predicted molar refractivity (Wildman–Crippen MR) is 106 cm³/mol. The standard InChI is InChI=1S/C20H16ClN5O/c1-12-8-17-20(23-11-12)26-19(25-17)15-10-14(2-3-16(15)21)24-18(27)9-13-4-6-22-7-5-13/h2-8,10-11H,9H2,1H3,(H,24,27)(H,23,25,26). The lowest BCUT2D eigenvalue weighted by Gasteiger charge is -2.08. The van der Waals surface area contributed by atoms with E-state index < -0.39 is 0 Å². The van der Waals surface area contributed by atoms with Gasteiger partial charge in [-0.25, -0.2) is 9.97 Å². The van der Waals surface area contributed by atoms with Gasteiger partial charge in [0, 0.05) is 29.8 Å². The fourth-order valence-corrected chi connectivity index (χ4v) is 3.01. The third-order valence-corrected chi connectivity index (χ3v) is 4.42. The Morgan fingerprint density at radius 1 is 1.19 bits per heavy atom. The van der Waals surface area contributed by atoms with E-state index in [4.69, 9.17) is 11.6 Å². The Bertz CT molecular complexity index is 1120. The molecule has 0 unspecified atom stereocenters. The summed E-state index contributed by atoms with van der Waals surface area (Å²) >= 11 is 6.36. The fraction of sp³-hybridized carbons (Fsp3) is 0.100. The molecule has 0 aliphatic rings. The van der Waals surface area contributed by atoms with Gasteiger partial charge in [-0.2, -0.15) is 0 Å². The van der Waals surface area contributed by atoms with Crippen LogP contribution in [0.25, 0.3) is 22.6 Å². The topological polar surface area (TPSA) is 83.6 Å². The van der Waals surface area contributed by atoms with Crippen molar-refractivity contribution in [2.24, 2.45) is 0 Å². The van der Waals surface area contributed by atoms with E-state index in [-0.39, 0.29) is 12.3 Å². The summed E-state index contributed by atoms with van der Waals surface area (Å²) in [7, 11) is 0. The normalized spacial score (nSPS) is 10.9. The number of anilines is 1. The van der Waals surface area contributed by atoms with Crippen molar-refractivity contribution in [1.82, 2.24) is 19.9 Å². The van der Waals surface area contributed by atoms with E-state index in [0.29, 0.717) is 27.7 Å². The van der Waals surface area contributed by atoms with Gasteiger partial charge in [0.1, 0.15) is 5.82 Å². The fourth-order valence-electron chi connectivity index (χ4n) is 2.81. The predicted octanol–water partition coefficient (Wildman–Crippen LogP) is 4.16. The van der Waals surface area contributed by atoms with Crippen LogP contribution in [0.3, 0.4) is 0 Å². The largest absolute Gasteiger partial charge is 0.337 e. The number of amides is 1. The van der Waals surface area contributed by atoms with Gasteiger partial charge in [0.15, 0.2) is 5.65 Å². The van der Waals surface area contributed by atoms with Gasteiger partial charge in [-0.05, 0) is 54.4 Å². The summed E-state index contributed by atoms with van der Waals surface area (Å²) in [5.41, 5.74) is 4.76. The number of nitrogens with zero attached hydrogens (tertiary/aromatic N) is 3. The van der Waals surface area contributed by atoms with E-state index >= 15 is 0 Å². The average molecular weight is 378 g/mol. The van der Waals surface area contributed by atoms with Crippen molar-refractivity contribution < 1.29 is 4.79 Å². The number of imidazole rings is 1. The van der Waals surface area contributed by atoms with E-state index in [0.717, 1.165) is 16.6 Å². The number of aromatic amines is 1. The van der Waals surface area contributed by atoms with Crippen molar-refractivity contribution >= 4 is 34.4 Å². The van der Waals surface area contributed by atoms with Crippen LogP contribution in [0.4, 0.5) is 5.69 Å². The molecule has 0 fully saturated rings. The van der Waals surface area contributed by atoms with Crippen molar-refractivity contribution in [2.75, 3.05) is 5.32 Å². The maximum Gasteiger partial charge on any atom is 0.228 e. The lowest BCUT2D eigenvalue weighted by Crippen LogP contribution is -2.14. The number of aromatic nitrogens is 4. The molecule has 0 bridgehead atoms. The molecule has 0 aliphatic heterocycles. The Morgan fingerprint density at radius 3 is 2.81 bits per heavy atom. The number of H-pyrrole nitrogens is 1. The molecular weight excluding hydrogens is 362 g/mol. The molecule has 4 rings (SSSR count). The van der Waals surface area contributed by atoms with Crippen molar-refractivity contribution in [1.29, 1.82) is 0 Å². The number of fused-ring (bicyclic) bond motifs is 1. The second-order valence-corrected chi connectivity index (χ2v) is 6.65. The van der Waals surface area contributed by atoms with E-state index in [1.54, 1.807) is 36.8 Å². The number of halogens is 1. The maximum absolute atomic E-state index is 12.3. The monoisotopic (exact) mass is 377 g/mol. The van der Waals surface area contributed by atoms with Crippen LogP contribution in [-0.4, -0.2) is 25.8 Å². The molecule has 0 atom stereocenters. The molecule has 0 aliphatic carbocycles. The minimum atomic E-state index is -0.114. The molecule has 4 aromatic rings. The first-order valence-electron chi connectivity index (χ1n) is 8.39. The molecule has 134 valence electrons. The van der Waals surface area contributed by atoms with Gasteiger partial charge in [-0.1, -0.05) is 11.6 Å². The second-order valence-electron chi connectivity index (χ2n) is 6.24. The molecule has 6 nitrogen and oxygen atoms in total. The van der Waals surface area contributed by atoms with Crippen LogP contribution in [0, 0.1) is 6.92 Å². The average Bonchev–Trinajstić information content (AvgIpc) is 3.07. The summed E-state index contributed by atoms with van der Waals surface area (Å²) in [5, 5.41) is 3.44. The van der Waals surface area contributed by atoms with E-state index in [2.05, 4.69) is 25.3 Å². The van der Waals surface area contributed by atoms with Gasteiger partial charge < -0.3 is 10.3 Å². The molecule has 1 amide bonds. The first-order chi connectivity index (χ1) is 13.1. The van der Waals surface area contributed by atoms with Gasteiger partial charge in [-0.15, -0.1) is 0 Å². The summed E-state index contributed by atoms with van der Waals surface area (Å²) in [6, 6.07) is 10.9. The van der Waals surface area contributed by atoms with E-state index in [9.17, 15) is 4.79 Å². The number of hydrogen-bond acceptors (Lipinski definition) is 4. The molecule has 0 saturated carbocycles. The quantitative estimate of drug-likeness (QED) is 0.559. The molecule has 0 radical (unpaired) electrons. The number of nitrogens with one attached hydrogen (secondary N) is 2. The minimum Gasteiger partial charge on any atom is -0.337 e. The van der Waals surface area contributed by atoms with Gasteiger partial charge in [0.2, 0.25) is 5.91 Å². The highest BCUT2D eigenvalue weighted by Gasteiger charge is 2.12. The number of hydrogen-bond donors (Lipinski definition) is 2. The van der Waals surface area contributed by atoms with Crippen molar-refractivity contribution in [2.45, 2.75) is 13.3 Å². The van der Waals surface area contributed by atoms with Crippen LogP contribution in [0.5, 0.6) is 0 Å². The minimum absolute atomic E-state index is 0.114. The number of carbonyl (C=O) groups is 1. The van der Waals surface area contributed by atoms with Gasteiger partial charge >= 0.3 is 0 Å². The molecule has 0 spiro atoms. The smallest absolute Gasteiger partial charge is 0.228 e. The highest BCUT2D eigenvalue weighted by molar-refractivity contribution is 6.33. The molecule has 7 heteroatoms. The molecule has 0 saturated heterocycles. The molecule has 27 heavy (non-hydrogen) atoms. The van der Waals surface area contributed by atoms with Gasteiger partial charge in [-0.3, -0.25) is 9.78 Å². The summed E-state index contributed by atoms with van der Waals surface area (Å²) in [6.07, 6.45) is 5.37. The molecule has 3 aromatic heterocycles. The zero-order valence-electron chi connectivity index (χ0n) is 14.5. The number of aryl methyl sites for hydroxylation is 1. The maximum atomic E-state index is 12.3. The summed E-state index contributed by atoms with van der Waals surface area (Å²) in [6.45, 7) is 1.97. The number of carbonyl (C=O) groups excluding carboxylic acids is 1. The molecule has 1 aromatic carbocycles. The molecule has 2 N–H and O–H groups in total. The Balaban J connectivity index is 1.60. The van der Waals surface area contributed by atoms with Crippen molar-refractivity contribution in [3.8, 4) is 11.4 Å². The Hall–Kier alpha value is -3.25. The highest BCUT2D eigenvalue weighted by atomic mass is 35.5. The van der Waals surface area contributed by atoms with E-state index in [1.165, 1.54) is 0 Å². The first kappa shape index (κ1) is 17.2. The second kappa shape index (κ2) is 7.17. The number of rotatable bonds is 4. The third kappa shape index (κ3) is 3.80.